The molecule has 2 rings (SSSR count). The first-order valence-corrected chi connectivity index (χ1v) is 7.01. The van der Waals surface area contributed by atoms with Gasteiger partial charge in [-0.15, -0.1) is 0 Å². The Morgan fingerprint density at radius 2 is 2.10 bits per heavy atom. The normalized spacial score (nSPS) is 21.4. The fourth-order valence-electron chi connectivity index (χ4n) is 3.11. The van der Waals surface area contributed by atoms with E-state index >= 15 is 0 Å². The highest BCUT2D eigenvalue weighted by atomic mass is 19.4. The molecule has 0 aliphatic carbocycles. The van der Waals surface area contributed by atoms with Crippen LogP contribution in [0.1, 0.15) is 43.4 Å². The molecule has 2 atom stereocenters. The maximum absolute atomic E-state index is 13.2. The number of benzene rings is 1. The number of hydrogen-bond donors (Lipinski definition) is 1. The molecule has 1 saturated heterocycles. The van der Waals surface area contributed by atoms with Crippen molar-refractivity contribution in [2.24, 2.45) is 0 Å². The van der Waals surface area contributed by atoms with Crippen LogP contribution in [-0.2, 0) is 11.0 Å². The van der Waals surface area contributed by atoms with Gasteiger partial charge in [-0.25, -0.2) is 0 Å². The van der Waals surface area contributed by atoms with Crippen LogP contribution in [0, 0.1) is 0 Å². The van der Waals surface area contributed by atoms with Crippen molar-refractivity contribution in [3.05, 3.63) is 35.4 Å². The zero-order valence-electron chi connectivity index (χ0n) is 11.7. The van der Waals surface area contributed by atoms with Gasteiger partial charge in [0.1, 0.15) is 6.04 Å². The van der Waals surface area contributed by atoms with Gasteiger partial charge in [0.25, 0.3) is 0 Å². The monoisotopic (exact) mass is 301 g/mol. The van der Waals surface area contributed by atoms with Crippen LogP contribution in [0.2, 0.25) is 0 Å². The van der Waals surface area contributed by atoms with Gasteiger partial charge in [0.2, 0.25) is 0 Å². The molecule has 1 aromatic carbocycles. The van der Waals surface area contributed by atoms with E-state index in [9.17, 15) is 23.1 Å². The average molecular weight is 301 g/mol. The molecule has 116 valence electrons. The van der Waals surface area contributed by atoms with Crippen LogP contribution in [0.25, 0.3) is 0 Å². The number of halogens is 3. The Balaban J connectivity index is 2.41. The van der Waals surface area contributed by atoms with Gasteiger partial charge in [-0.05, 0) is 37.4 Å². The Labute approximate surface area is 121 Å². The fourth-order valence-corrected chi connectivity index (χ4v) is 3.11. The molecule has 2 unspecified atom stereocenters. The largest absolute Gasteiger partial charge is 0.480 e. The van der Waals surface area contributed by atoms with Gasteiger partial charge >= 0.3 is 12.1 Å². The summed E-state index contributed by atoms with van der Waals surface area (Å²) < 4.78 is 39.5. The molecule has 1 aliphatic heterocycles. The van der Waals surface area contributed by atoms with Crippen LogP contribution in [0.5, 0.6) is 0 Å². The van der Waals surface area contributed by atoms with Gasteiger partial charge in [0.15, 0.2) is 0 Å². The van der Waals surface area contributed by atoms with Crippen molar-refractivity contribution >= 4 is 5.97 Å². The molecule has 1 fully saturated rings. The summed E-state index contributed by atoms with van der Waals surface area (Å²) in [5.41, 5.74) is -0.506. The number of nitrogens with zero attached hydrogens (tertiary/aromatic N) is 1. The van der Waals surface area contributed by atoms with E-state index in [-0.39, 0.29) is 5.56 Å². The van der Waals surface area contributed by atoms with Gasteiger partial charge in [-0.1, -0.05) is 25.1 Å². The first kappa shape index (κ1) is 15.8. The van der Waals surface area contributed by atoms with Gasteiger partial charge in [-0.3, -0.25) is 9.69 Å². The summed E-state index contributed by atoms with van der Waals surface area (Å²) in [5.74, 6) is -0.963. The second kappa shape index (κ2) is 6.05. The van der Waals surface area contributed by atoms with E-state index in [1.54, 1.807) is 17.9 Å². The molecule has 1 heterocycles. The van der Waals surface area contributed by atoms with E-state index in [4.69, 9.17) is 0 Å². The summed E-state index contributed by atoms with van der Waals surface area (Å²) in [7, 11) is 0. The first-order valence-electron chi connectivity index (χ1n) is 7.01. The predicted molar refractivity (Wildman–Crippen MR) is 71.8 cm³/mol. The number of aliphatic carboxylic acids is 1. The highest BCUT2D eigenvalue weighted by molar-refractivity contribution is 5.74. The molecular weight excluding hydrogens is 283 g/mol. The van der Waals surface area contributed by atoms with E-state index in [1.807, 2.05) is 0 Å². The predicted octanol–water partition coefficient (Wildman–Crippen LogP) is 3.71. The first-order chi connectivity index (χ1) is 9.86. The van der Waals surface area contributed by atoms with E-state index in [1.165, 1.54) is 12.1 Å². The van der Waals surface area contributed by atoms with Gasteiger partial charge in [0, 0.05) is 6.04 Å². The van der Waals surface area contributed by atoms with E-state index in [2.05, 4.69) is 0 Å². The summed E-state index contributed by atoms with van der Waals surface area (Å²) in [6, 6.07) is 4.22. The van der Waals surface area contributed by atoms with Gasteiger partial charge in [-0.2, -0.15) is 13.2 Å². The third kappa shape index (κ3) is 3.20. The van der Waals surface area contributed by atoms with Crippen LogP contribution >= 0.6 is 0 Å². The van der Waals surface area contributed by atoms with Crippen molar-refractivity contribution in [3.63, 3.8) is 0 Å². The van der Waals surface area contributed by atoms with Gasteiger partial charge in [0.05, 0.1) is 5.56 Å². The lowest BCUT2D eigenvalue weighted by atomic mass is 9.96. The fraction of sp³-hybridized carbons (Fsp3) is 0.533. The summed E-state index contributed by atoms with van der Waals surface area (Å²) in [4.78, 5) is 13.0. The number of carboxylic acid groups (broad SMARTS) is 1. The Morgan fingerprint density at radius 3 is 2.67 bits per heavy atom. The van der Waals surface area contributed by atoms with Crippen LogP contribution < -0.4 is 0 Å². The molecule has 1 aromatic rings. The molecule has 0 radical (unpaired) electrons. The van der Waals surface area contributed by atoms with E-state index in [0.29, 0.717) is 25.8 Å². The smallest absolute Gasteiger partial charge is 0.416 e. The number of carbonyl (C=O) groups is 1. The zero-order chi connectivity index (χ0) is 15.6. The van der Waals surface area contributed by atoms with Crippen molar-refractivity contribution in [1.29, 1.82) is 0 Å². The molecular formula is C15H18F3NO2. The van der Waals surface area contributed by atoms with Crippen molar-refractivity contribution in [1.82, 2.24) is 4.90 Å². The highest BCUT2D eigenvalue weighted by Gasteiger charge is 2.40. The van der Waals surface area contributed by atoms with Crippen LogP contribution in [-0.4, -0.2) is 28.6 Å². The van der Waals surface area contributed by atoms with Crippen molar-refractivity contribution in [3.8, 4) is 0 Å². The maximum Gasteiger partial charge on any atom is 0.416 e. The number of hydrogen-bond acceptors (Lipinski definition) is 2. The minimum Gasteiger partial charge on any atom is -0.480 e. The molecule has 3 nitrogen and oxygen atoms in total. The van der Waals surface area contributed by atoms with E-state index in [0.717, 1.165) is 6.07 Å². The number of alkyl halides is 3. The Kier molecular flexibility index (Phi) is 4.56. The summed E-state index contributed by atoms with van der Waals surface area (Å²) in [6.45, 7) is 2.30. The Bertz CT molecular complexity index is 516. The standard InChI is InChI=1S/C15H18F3NO2/c1-2-12(19-9-5-8-13(19)14(20)21)10-6-3-4-7-11(10)15(16,17)18/h3-4,6-7,12-13H,2,5,8-9H2,1H3,(H,20,21). The van der Waals surface area contributed by atoms with Crippen LogP contribution in [0.15, 0.2) is 24.3 Å². The molecule has 1 N–H and O–H groups in total. The zero-order valence-corrected chi connectivity index (χ0v) is 11.7. The Morgan fingerprint density at radius 1 is 1.43 bits per heavy atom. The topological polar surface area (TPSA) is 40.5 Å². The van der Waals surface area contributed by atoms with Crippen LogP contribution in [0.3, 0.4) is 0 Å². The molecule has 0 aromatic heterocycles. The SMILES string of the molecule is CCC(c1ccccc1C(F)(F)F)N1CCCC1C(=O)O. The number of likely N-dealkylation sites (tertiary alicyclic amines) is 1. The quantitative estimate of drug-likeness (QED) is 0.921. The minimum atomic E-state index is -4.43. The highest BCUT2D eigenvalue weighted by Crippen LogP contribution is 2.39. The van der Waals surface area contributed by atoms with E-state index < -0.39 is 29.8 Å². The second-order valence-corrected chi connectivity index (χ2v) is 5.24. The molecule has 1 aliphatic rings. The maximum atomic E-state index is 13.2. The molecule has 0 spiro atoms. The van der Waals surface area contributed by atoms with Crippen molar-refractivity contribution in [2.45, 2.75) is 44.4 Å². The summed E-state index contributed by atoms with van der Waals surface area (Å²) in [6.07, 6.45) is -2.80. The molecule has 0 amide bonds. The third-order valence-electron chi connectivity index (χ3n) is 3.99. The summed E-state index contributed by atoms with van der Waals surface area (Å²) >= 11 is 0. The average Bonchev–Trinajstić information content (AvgIpc) is 2.88. The second-order valence-electron chi connectivity index (χ2n) is 5.24. The molecule has 0 saturated carbocycles. The lowest BCUT2D eigenvalue weighted by Crippen LogP contribution is -2.39. The molecule has 6 heteroatoms. The third-order valence-corrected chi connectivity index (χ3v) is 3.99. The molecule has 21 heavy (non-hydrogen) atoms. The Hall–Kier alpha value is -1.56. The van der Waals surface area contributed by atoms with Crippen LogP contribution in [0.4, 0.5) is 13.2 Å². The summed E-state index contributed by atoms with van der Waals surface area (Å²) in [5, 5.41) is 9.24. The number of carboxylic acids is 1. The lowest BCUT2D eigenvalue weighted by molar-refractivity contribution is -0.143. The lowest BCUT2D eigenvalue weighted by Gasteiger charge is -2.32. The van der Waals surface area contributed by atoms with Crippen molar-refractivity contribution < 1.29 is 23.1 Å². The molecule has 0 bridgehead atoms. The number of rotatable bonds is 4. The minimum absolute atomic E-state index is 0.167. The van der Waals surface area contributed by atoms with Crippen molar-refractivity contribution in [2.75, 3.05) is 6.54 Å². The van der Waals surface area contributed by atoms with Gasteiger partial charge < -0.3 is 5.11 Å².